The number of ether oxygens (including phenoxy) is 1. The van der Waals surface area contributed by atoms with Gasteiger partial charge in [0.25, 0.3) is 0 Å². The fourth-order valence-corrected chi connectivity index (χ4v) is 1.73. The van der Waals surface area contributed by atoms with Crippen molar-refractivity contribution in [2.45, 2.75) is 39.3 Å². The van der Waals surface area contributed by atoms with Crippen LogP contribution >= 0.6 is 0 Å². The number of methoxy groups -OCH3 is 1. The van der Waals surface area contributed by atoms with Gasteiger partial charge in [-0.25, -0.2) is 0 Å². The van der Waals surface area contributed by atoms with Gasteiger partial charge in [0.2, 0.25) is 0 Å². The highest BCUT2D eigenvalue weighted by molar-refractivity contribution is 5.85. The van der Waals surface area contributed by atoms with Crippen LogP contribution in [0.3, 0.4) is 0 Å². The molecule has 0 saturated carbocycles. The first-order chi connectivity index (χ1) is 8.08. The molecule has 0 saturated heterocycles. The Bertz CT molecular complexity index is 374. The maximum absolute atomic E-state index is 11.9. The summed E-state index contributed by atoms with van der Waals surface area (Å²) in [6.07, 6.45) is 0.911. The second-order valence-electron chi connectivity index (χ2n) is 4.12. The number of carbonyl (C=O) groups is 1. The van der Waals surface area contributed by atoms with Crippen molar-refractivity contribution in [1.29, 1.82) is 0 Å². The van der Waals surface area contributed by atoms with Crippen LogP contribution in [0.5, 0.6) is 0 Å². The van der Waals surface area contributed by atoms with Crippen molar-refractivity contribution in [2.24, 2.45) is 5.73 Å². The minimum atomic E-state index is -0.449. The summed E-state index contributed by atoms with van der Waals surface area (Å²) in [5.74, 6) is 0.0386. The summed E-state index contributed by atoms with van der Waals surface area (Å²) in [6, 6.07) is 1.49. The summed E-state index contributed by atoms with van der Waals surface area (Å²) in [6.45, 7) is 5.21. The highest BCUT2D eigenvalue weighted by Gasteiger charge is 2.16. The lowest BCUT2D eigenvalue weighted by Gasteiger charge is -2.10. The van der Waals surface area contributed by atoms with Gasteiger partial charge in [0.05, 0.1) is 18.2 Å². The molecule has 0 aliphatic heterocycles. The van der Waals surface area contributed by atoms with E-state index >= 15 is 0 Å². The van der Waals surface area contributed by atoms with Crippen molar-refractivity contribution in [1.82, 2.24) is 9.78 Å². The molecule has 0 fully saturated rings. The van der Waals surface area contributed by atoms with Gasteiger partial charge in [-0.05, 0) is 26.3 Å². The summed E-state index contributed by atoms with van der Waals surface area (Å²) in [7, 11) is 1.60. The predicted octanol–water partition coefficient (Wildman–Crippen LogP) is 0.687. The first-order valence-corrected chi connectivity index (χ1v) is 5.89. The Morgan fingerprint density at radius 2 is 2.35 bits per heavy atom. The number of carbonyl (C=O) groups excluding carboxylic acids is 1. The van der Waals surface area contributed by atoms with E-state index in [1.807, 2.05) is 24.6 Å². The molecule has 1 atom stereocenters. The number of Topliss-reactive ketones (excluding diaryl/α,β-unsaturated/α-hetero) is 1. The second-order valence-corrected chi connectivity index (χ2v) is 4.12. The third-order valence-corrected chi connectivity index (χ3v) is 2.69. The molecule has 1 unspecified atom stereocenters. The number of rotatable bonds is 7. The molecule has 0 bridgehead atoms. The summed E-state index contributed by atoms with van der Waals surface area (Å²) in [5.41, 5.74) is 7.65. The van der Waals surface area contributed by atoms with Crippen molar-refractivity contribution in [3.05, 3.63) is 17.5 Å². The van der Waals surface area contributed by atoms with Crippen LogP contribution in [0.25, 0.3) is 0 Å². The molecule has 0 aliphatic carbocycles. The fraction of sp³-hybridized carbons (Fsp3) is 0.667. The normalized spacial score (nSPS) is 12.7. The smallest absolute Gasteiger partial charge is 0.155 e. The number of nitrogens with two attached hydrogens (primary N) is 1. The number of nitrogens with zero attached hydrogens (tertiary/aromatic N) is 2. The monoisotopic (exact) mass is 239 g/mol. The van der Waals surface area contributed by atoms with E-state index in [4.69, 9.17) is 10.5 Å². The zero-order valence-corrected chi connectivity index (χ0v) is 10.8. The molecule has 0 spiro atoms. The number of hydrogen-bond acceptors (Lipinski definition) is 4. The van der Waals surface area contributed by atoms with Crippen molar-refractivity contribution in [3.8, 4) is 0 Å². The zero-order chi connectivity index (χ0) is 12.8. The summed E-state index contributed by atoms with van der Waals surface area (Å²) in [5, 5.41) is 4.30. The number of hydrogen-bond donors (Lipinski definition) is 1. The summed E-state index contributed by atoms with van der Waals surface area (Å²) < 4.78 is 6.76. The standard InChI is InChI=1S/C12H21N3O2/c1-4-15-10(7-9(2)14-15)8-12(16)11(13)5-6-17-3/h7,11H,4-6,8,13H2,1-3H3. The Balaban J connectivity index is 2.60. The zero-order valence-electron chi connectivity index (χ0n) is 10.8. The largest absolute Gasteiger partial charge is 0.385 e. The van der Waals surface area contributed by atoms with E-state index in [1.54, 1.807) is 7.11 Å². The van der Waals surface area contributed by atoms with Crippen LogP contribution in [0, 0.1) is 6.92 Å². The van der Waals surface area contributed by atoms with Gasteiger partial charge >= 0.3 is 0 Å². The van der Waals surface area contributed by atoms with Crippen molar-refractivity contribution >= 4 is 5.78 Å². The average Bonchev–Trinajstić information content (AvgIpc) is 2.66. The van der Waals surface area contributed by atoms with Gasteiger partial charge in [0, 0.05) is 26.0 Å². The first-order valence-electron chi connectivity index (χ1n) is 5.89. The lowest BCUT2D eigenvalue weighted by atomic mass is 10.1. The molecule has 1 heterocycles. The molecule has 5 nitrogen and oxygen atoms in total. The van der Waals surface area contributed by atoms with E-state index in [0.717, 1.165) is 17.9 Å². The Morgan fingerprint density at radius 1 is 1.65 bits per heavy atom. The molecule has 96 valence electrons. The van der Waals surface area contributed by atoms with Crippen LogP contribution in [-0.4, -0.2) is 35.3 Å². The Labute approximate surface area is 102 Å². The van der Waals surface area contributed by atoms with E-state index in [1.165, 1.54) is 0 Å². The molecular weight excluding hydrogens is 218 g/mol. The van der Waals surface area contributed by atoms with Crippen molar-refractivity contribution < 1.29 is 9.53 Å². The van der Waals surface area contributed by atoms with Crippen LogP contribution < -0.4 is 5.73 Å². The van der Waals surface area contributed by atoms with Crippen molar-refractivity contribution in [2.75, 3.05) is 13.7 Å². The van der Waals surface area contributed by atoms with Crippen LogP contribution in [0.1, 0.15) is 24.7 Å². The second kappa shape index (κ2) is 6.51. The molecule has 0 radical (unpaired) electrons. The number of aromatic nitrogens is 2. The van der Waals surface area contributed by atoms with E-state index in [-0.39, 0.29) is 5.78 Å². The van der Waals surface area contributed by atoms with Gasteiger partial charge in [0.15, 0.2) is 5.78 Å². The minimum absolute atomic E-state index is 0.0386. The van der Waals surface area contributed by atoms with Gasteiger partial charge in [-0.15, -0.1) is 0 Å². The molecule has 5 heteroatoms. The van der Waals surface area contributed by atoms with Gasteiger partial charge in [-0.2, -0.15) is 5.10 Å². The van der Waals surface area contributed by atoms with Crippen molar-refractivity contribution in [3.63, 3.8) is 0 Å². The van der Waals surface area contributed by atoms with E-state index in [2.05, 4.69) is 5.10 Å². The highest BCUT2D eigenvalue weighted by Crippen LogP contribution is 2.07. The third kappa shape index (κ3) is 3.94. The highest BCUT2D eigenvalue weighted by atomic mass is 16.5. The molecule has 1 aromatic heterocycles. The van der Waals surface area contributed by atoms with E-state index in [9.17, 15) is 4.79 Å². The molecule has 1 aromatic rings. The number of ketones is 1. The van der Waals surface area contributed by atoms with Crippen LogP contribution in [-0.2, 0) is 22.5 Å². The van der Waals surface area contributed by atoms with E-state index in [0.29, 0.717) is 19.4 Å². The minimum Gasteiger partial charge on any atom is -0.385 e. The first kappa shape index (κ1) is 13.9. The lowest BCUT2D eigenvalue weighted by molar-refractivity contribution is -0.120. The van der Waals surface area contributed by atoms with Gasteiger partial charge in [0.1, 0.15) is 0 Å². The maximum Gasteiger partial charge on any atom is 0.155 e. The lowest BCUT2D eigenvalue weighted by Crippen LogP contribution is -2.33. The molecular formula is C12H21N3O2. The van der Waals surface area contributed by atoms with E-state index < -0.39 is 6.04 Å². The summed E-state index contributed by atoms with van der Waals surface area (Å²) in [4.78, 5) is 11.9. The van der Waals surface area contributed by atoms with Gasteiger partial charge < -0.3 is 10.5 Å². The Morgan fingerprint density at radius 3 is 2.94 bits per heavy atom. The Hall–Kier alpha value is -1.20. The van der Waals surface area contributed by atoms with Crippen LogP contribution in [0.2, 0.25) is 0 Å². The third-order valence-electron chi connectivity index (χ3n) is 2.69. The molecule has 0 amide bonds. The topological polar surface area (TPSA) is 70.1 Å². The molecule has 1 rings (SSSR count). The predicted molar refractivity (Wildman–Crippen MR) is 65.8 cm³/mol. The fourth-order valence-electron chi connectivity index (χ4n) is 1.73. The maximum atomic E-state index is 11.9. The molecule has 0 aromatic carbocycles. The number of aryl methyl sites for hydroxylation is 2. The average molecular weight is 239 g/mol. The van der Waals surface area contributed by atoms with Gasteiger partial charge in [-0.1, -0.05) is 0 Å². The SMILES string of the molecule is CCn1nc(C)cc1CC(=O)C(N)CCOC. The molecule has 17 heavy (non-hydrogen) atoms. The molecule has 2 N–H and O–H groups in total. The van der Waals surface area contributed by atoms with Gasteiger partial charge in [-0.3, -0.25) is 9.48 Å². The summed E-state index contributed by atoms with van der Waals surface area (Å²) >= 11 is 0. The quantitative estimate of drug-likeness (QED) is 0.760. The molecule has 0 aliphatic rings. The Kier molecular flexibility index (Phi) is 5.31. The van der Waals surface area contributed by atoms with Crippen LogP contribution in [0.4, 0.5) is 0 Å². The van der Waals surface area contributed by atoms with Crippen LogP contribution in [0.15, 0.2) is 6.07 Å².